The summed E-state index contributed by atoms with van der Waals surface area (Å²) in [6, 6.07) is 1.44. The molecule has 2 heterocycles. The quantitative estimate of drug-likeness (QED) is 0.519. The van der Waals surface area contributed by atoms with Crippen molar-refractivity contribution in [3.63, 3.8) is 0 Å². The van der Waals surface area contributed by atoms with E-state index in [1.54, 1.807) is 0 Å². The summed E-state index contributed by atoms with van der Waals surface area (Å²) in [5, 5.41) is 28.0. The van der Waals surface area contributed by atoms with Gasteiger partial charge in [-0.3, -0.25) is 4.57 Å². The number of nitrogens with zero attached hydrogens (tertiary/aromatic N) is 2. The molecule has 8 heteroatoms. The van der Waals surface area contributed by atoms with Crippen molar-refractivity contribution in [1.29, 1.82) is 0 Å². The van der Waals surface area contributed by atoms with Gasteiger partial charge in [-0.1, -0.05) is 0 Å². The smallest absolute Gasteiger partial charge is 0.350 e. The van der Waals surface area contributed by atoms with Gasteiger partial charge < -0.3 is 21.1 Å². The summed E-state index contributed by atoms with van der Waals surface area (Å²) in [4.78, 5) is 15.3. The van der Waals surface area contributed by atoms with Crippen LogP contribution in [0.15, 0.2) is 17.1 Å². The van der Waals surface area contributed by atoms with Gasteiger partial charge >= 0.3 is 5.69 Å². The molecule has 0 saturated carbocycles. The first-order valence-electron chi connectivity index (χ1n) is 5.39. The molecular formula is C10H15N3O4S. The summed E-state index contributed by atoms with van der Waals surface area (Å²) in [6.07, 6.45) is 0.297. The van der Waals surface area contributed by atoms with Gasteiger partial charge in [0.05, 0.1) is 18.0 Å². The van der Waals surface area contributed by atoms with Crippen molar-refractivity contribution in [3.8, 4) is 0 Å². The van der Waals surface area contributed by atoms with Crippen LogP contribution in [-0.2, 0) is 0 Å². The number of nitrogens with two attached hydrogens (primary N) is 1. The largest absolute Gasteiger partial charge is 0.395 e. The molecule has 1 aromatic heterocycles. The predicted molar refractivity (Wildman–Crippen MR) is 67.0 cm³/mol. The number of hydrogen-bond acceptors (Lipinski definition) is 7. The third-order valence-corrected chi connectivity index (χ3v) is 4.76. The molecule has 1 aliphatic rings. The Morgan fingerprint density at radius 2 is 2.33 bits per heavy atom. The summed E-state index contributed by atoms with van der Waals surface area (Å²) in [7, 11) is 0. The van der Waals surface area contributed by atoms with Crippen molar-refractivity contribution in [3.05, 3.63) is 22.7 Å². The topological polar surface area (TPSA) is 122 Å². The Morgan fingerprint density at radius 3 is 2.83 bits per heavy atom. The Balaban J connectivity index is 2.42. The van der Waals surface area contributed by atoms with Gasteiger partial charge in [0.15, 0.2) is 0 Å². The highest BCUT2D eigenvalue weighted by atomic mass is 32.2. The average Bonchev–Trinajstić information content (AvgIpc) is 2.52. The van der Waals surface area contributed by atoms with Gasteiger partial charge in [0, 0.05) is 6.20 Å². The van der Waals surface area contributed by atoms with E-state index in [4.69, 9.17) is 10.8 Å². The molecule has 2 rings (SSSR count). The molecule has 0 bridgehead atoms. The molecule has 7 nitrogen and oxygen atoms in total. The lowest BCUT2D eigenvalue weighted by molar-refractivity contribution is -0.0684. The fourth-order valence-corrected chi connectivity index (χ4v) is 3.54. The highest BCUT2D eigenvalue weighted by molar-refractivity contribution is 8.00. The third-order valence-electron chi connectivity index (χ3n) is 3.04. The highest BCUT2D eigenvalue weighted by Gasteiger charge is 2.52. The maximum atomic E-state index is 11.7. The van der Waals surface area contributed by atoms with Gasteiger partial charge in [-0.05, 0) is 13.0 Å². The molecular weight excluding hydrogens is 258 g/mol. The average molecular weight is 273 g/mol. The zero-order chi connectivity index (χ0) is 13.5. The van der Waals surface area contributed by atoms with Gasteiger partial charge in [-0.2, -0.15) is 4.98 Å². The minimum absolute atomic E-state index is 0.0955. The second-order valence-corrected chi connectivity index (χ2v) is 5.75. The maximum Gasteiger partial charge on any atom is 0.350 e. The summed E-state index contributed by atoms with van der Waals surface area (Å²) in [5.74, 6) is 0.0955. The Bertz CT molecular complexity index is 504. The minimum atomic E-state index is -1.53. The van der Waals surface area contributed by atoms with E-state index in [9.17, 15) is 15.0 Å². The van der Waals surface area contributed by atoms with E-state index >= 15 is 0 Å². The van der Waals surface area contributed by atoms with E-state index in [1.165, 1.54) is 23.8 Å². The lowest BCUT2D eigenvalue weighted by Gasteiger charge is -2.28. The van der Waals surface area contributed by atoms with E-state index in [2.05, 4.69) is 4.98 Å². The van der Waals surface area contributed by atoms with Crippen molar-refractivity contribution in [1.82, 2.24) is 9.55 Å². The number of hydrogen-bond donors (Lipinski definition) is 4. The minimum Gasteiger partial charge on any atom is -0.395 e. The Morgan fingerprint density at radius 1 is 1.67 bits per heavy atom. The second kappa shape index (κ2) is 4.54. The van der Waals surface area contributed by atoms with Crippen LogP contribution in [0.1, 0.15) is 12.3 Å². The fraction of sp³-hybridized carbons (Fsp3) is 0.600. The number of nitrogen functional groups attached to an aromatic ring is 1. The zero-order valence-corrected chi connectivity index (χ0v) is 10.5. The maximum absolute atomic E-state index is 11.7. The van der Waals surface area contributed by atoms with Gasteiger partial charge in [-0.25, -0.2) is 4.79 Å². The first-order chi connectivity index (χ1) is 8.37. The van der Waals surface area contributed by atoms with Crippen molar-refractivity contribution < 1.29 is 15.3 Å². The molecule has 1 fully saturated rings. The number of aliphatic hydroxyl groups excluding tert-OH is 2. The van der Waals surface area contributed by atoms with Crippen molar-refractivity contribution in [2.45, 2.75) is 29.3 Å². The van der Waals surface area contributed by atoms with Crippen LogP contribution in [0.4, 0.5) is 5.82 Å². The van der Waals surface area contributed by atoms with Crippen LogP contribution in [0.2, 0.25) is 0 Å². The van der Waals surface area contributed by atoms with Crippen LogP contribution in [0.25, 0.3) is 0 Å². The molecule has 0 spiro atoms. The first kappa shape index (κ1) is 13.3. The van der Waals surface area contributed by atoms with Crippen LogP contribution in [-0.4, -0.2) is 48.4 Å². The van der Waals surface area contributed by atoms with Crippen LogP contribution < -0.4 is 11.4 Å². The Labute approximate surface area is 107 Å². The molecule has 0 aliphatic carbocycles. The van der Waals surface area contributed by atoms with E-state index in [0.717, 1.165) is 11.8 Å². The number of rotatable bonds is 2. The van der Waals surface area contributed by atoms with E-state index in [1.807, 2.05) is 0 Å². The summed E-state index contributed by atoms with van der Waals surface area (Å²) in [6.45, 7) is 1.14. The molecule has 1 aromatic rings. The lowest BCUT2D eigenvalue weighted by Crippen LogP contribution is -2.46. The zero-order valence-electron chi connectivity index (χ0n) is 9.72. The van der Waals surface area contributed by atoms with Crippen LogP contribution in [0.3, 0.4) is 0 Å². The van der Waals surface area contributed by atoms with Crippen LogP contribution in [0, 0.1) is 0 Å². The van der Waals surface area contributed by atoms with Crippen LogP contribution >= 0.6 is 11.8 Å². The third kappa shape index (κ3) is 2.01. The Kier molecular flexibility index (Phi) is 3.37. The summed E-state index contributed by atoms with van der Waals surface area (Å²) in [5.41, 5.74) is 3.26. The fourth-order valence-electron chi connectivity index (χ4n) is 1.99. The number of thioether (sulfide) groups is 1. The van der Waals surface area contributed by atoms with E-state index < -0.39 is 28.0 Å². The van der Waals surface area contributed by atoms with Crippen molar-refractivity contribution in [2.24, 2.45) is 0 Å². The molecule has 4 atom stereocenters. The molecule has 100 valence electrons. The summed E-state index contributed by atoms with van der Waals surface area (Å²) < 4.78 is 1.21. The number of aromatic nitrogens is 2. The molecule has 0 aromatic carbocycles. The molecule has 0 radical (unpaired) electrons. The van der Waals surface area contributed by atoms with Crippen molar-refractivity contribution >= 4 is 17.6 Å². The lowest BCUT2D eigenvalue weighted by atomic mass is 9.96. The first-order valence-corrected chi connectivity index (χ1v) is 6.33. The van der Waals surface area contributed by atoms with E-state index in [0.29, 0.717) is 0 Å². The monoisotopic (exact) mass is 273 g/mol. The molecule has 0 amide bonds. The Hall–Kier alpha value is -1.09. The van der Waals surface area contributed by atoms with Gasteiger partial charge in [0.25, 0.3) is 0 Å². The number of aliphatic hydroxyl groups is 3. The van der Waals surface area contributed by atoms with Crippen LogP contribution in [0.5, 0.6) is 0 Å². The highest BCUT2D eigenvalue weighted by Crippen LogP contribution is 2.47. The molecule has 1 aliphatic heterocycles. The molecule has 5 N–H and O–H groups in total. The predicted octanol–water partition coefficient (Wildman–Crippen LogP) is -1.46. The number of anilines is 1. The molecule has 18 heavy (non-hydrogen) atoms. The SMILES string of the molecule is C[C@]1(O)[C@H](O)[C@@H](CO)S[C@@H]1n1ccc(N)nc1=O. The van der Waals surface area contributed by atoms with Crippen molar-refractivity contribution in [2.75, 3.05) is 12.3 Å². The molecule has 1 saturated heterocycles. The van der Waals surface area contributed by atoms with Gasteiger partial charge in [-0.15, -0.1) is 11.8 Å². The van der Waals surface area contributed by atoms with Gasteiger partial charge in [0.1, 0.15) is 16.8 Å². The normalized spacial score (nSPS) is 35.9. The van der Waals surface area contributed by atoms with E-state index in [-0.39, 0.29) is 12.4 Å². The second-order valence-electron chi connectivity index (χ2n) is 4.42. The standard InChI is InChI=1S/C10H15N3O4S/c1-10(17)7(15)5(4-14)18-8(10)13-3-2-6(11)12-9(13)16/h2-3,5,7-8,14-15,17H,4H2,1H3,(H2,11,12,16)/t5-,7-,8+,10+/m1/s1. The summed E-state index contributed by atoms with van der Waals surface area (Å²) >= 11 is 1.13. The molecule has 0 unspecified atom stereocenters. The van der Waals surface area contributed by atoms with Gasteiger partial charge in [0.2, 0.25) is 0 Å².